The number of aryl methyl sites for hydroxylation is 1. The summed E-state index contributed by atoms with van der Waals surface area (Å²) in [6.45, 7) is 5.46. The molecule has 0 aromatic carbocycles. The van der Waals surface area contributed by atoms with Crippen LogP contribution in [-0.2, 0) is 14.3 Å². The van der Waals surface area contributed by atoms with Crippen molar-refractivity contribution in [3.63, 3.8) is 0 Å². The number of amides is 2. The highest BCUT2D eigenvalue weighted by molar-refractivity contribution is 7.13. The van der Waals surface area contributed by atoms with Gasteiger partial charge >= 0.3 is 0 Å². The monoisotopic (exact) mass is 465 g/mol. The van der Waals surface area contributed by atoms with Gasteiger partial charge in [0.1, 0.15) is 6.54 Å². The van der Waals surface area contributed by atoms with E-state index in [1.165, 1.54) is 69.1 Å². The van der Waals surface area contributed by atoms with E-state index >= 15 is 0 Å². The maximum Gasteiger partial charge on any atom is 0.245 e. The number of carbonyl (C=O) groups is 2. The Morgan fingerprint density at radius 2 is 1.75 bits per heavy atom. The average Bonchev–Trinajstić information content (AvgIpc) is 3.43. The number of thiazole rings is 1. The second-order valence-electron chi connectivity index (χ2n) is 9.04. The van der Waals surface area contributed by atoms with Crippen LogP contribution in [0.4, 0.5) is 5.13 Å². The van der Waals surface area contributed by atoms with Crippen molar-refractivity contribution < 1.29 is 14.3 Å². The van der Waals surface area contributed by atoms with Crippen LogP contribution >= 0.6 is 11.3 Å². The van der Waals surface area contributed by atoms with E-state index in [1.54, 1.807) is 4.90 Å². The number of nitrogens with one attached hydrogen (secondary N) is 1. The number of unbranched alkanes of at least 4 members (excludes halogenated alkanes) is 10. The average molecular weight is 466 g/mol. The standard InChI is InChI=1S/C25H43N3O3S/c1-3-4-5-6-7-8-9-10-11-12-13-16-24(30)28(18-22-15-14-17-31-22)19-23(29)27-25-26-21(2)20-32-25/h20,22H,3-19H2,1-2H3,(H,26,27,29). The fraction of sp³-hybridized carbons (Fsp3) is 0.800. The van der Waals surface area contributed by atoms with Crippen molar-refractivity contribution in [1.82, 2.24) is 9.88 Å². The molecular weight excluding hydrogens is 422 g/mol. The number of aromatic nitrogens is 1. The molecular formula is C25H43N3O3S. The van der Waals surface area contributed by atoms with Crippen LogP contribution in [0.3, 0.4) is 0 Å². The molecule has 182 valence electrons. The van der Waals surface area contributed by atoms with E-state index in [9.17, 15) is 9.59 Å². The number of hydrogen-bond acceptors (Lipinski definition) is 5. The van der Waals surface area contributed by atoms with Gasteiger partial charge in [0.25, 0.3) is 0 Å². The molecule has 6 nitrogen and oxygen atoms in total. The van der Waals surface area contributed by atoms with Crippen LogP contribution in [0.15, 0.2) is 5.38 Å². The van der Waals surface area contributed by atoms with E-state index in [4.69, 9.17) is 4.74 Å². The summed E-state index contributed by atoms with van der Waals surface area (Å²) >= 11 is 1.40. The zero-order chi connectivity index (χ0) is 23.0. The smallest absolute Gasteiger partial charge is 0.245 e. The normalized spacial score (nSPS) is 15.8. The van der Waals surface area contributed by atoms with E-state index in [2.05, 4.69) is 17.2 Å². The van der Waals surface area contributed by atoms with Gasteiger partial charge in [0.15, 0.2) is 5.13 Å². The summed E-state index contributed by atoms with van der Waals surface area (Å²) in [5.41, 5.74) is 0.883. The second kappa shape index (κ2) is 16.2. The Balaban J connectivity index is 1.64. The fourth-order valence-corrected chi connectivity index (χ4v) is 4.84. The Morgan fingerprint density at radius 3 is 2.31 bits per heavy atom. The van der Waals surface area contributed by atoms with Crippen molar-refractivity contribution in [2.45, 2.75) is 110 Å². The van der Waals surface area contributed by atoms with Gasteiger partial charge in [-0.1, -0.05) is 71.1 Å². The van der Waals surface area contributed by atoms with Crippen molar-refractivity contribution >= 4 is 28.3 Å². The van der Waals surface area contributed by atoms with E-state index in [1.807, 2.05) is 12.3 Å². The Labute approximate surface area is 198 Å². The summed E-state index contributed by atoms with van der Waals surface area (Å²) in [5.74, 6) is -0.133. The summed E-state index contributed by atoms with van der Waals surface area (Å²) in [7, 11) is 0. The zero-order valence-electron chi connectivity index (χ0n) is 20.2. The first-order valence-electron chi connectivity index (χ1n) is 12.7. The molecule has 2 heterocycles. The van der Waals surface area contributed by atoms with Gasteiger partial charge in [-0.25, -0.2) is 4.98 Å². The lowest BCUT2D eigenvalue weighted by Gasteiger charge is -2.25. The van der Waals surface area contributed by atoms with Crippen LogP contribution < -0.4 is 5.32 Å². The molecule has 0 bridgehead atoms. The summed E-state index contributed by atoms with van der Waals surface area (Å²) < 4.78 is 5.71. The Kier molecular flexibility index (Phi) is 13.5. The highest BCUT2D eigenvalue weighted by Crippen LogP contribution is 2.17. The fourth-order valence-electron chi connectivity index (χ4n) is 4.13. The molecule has 0 saturated carbocycles. The molecule has 0 spiro atoms. The molecule has 1 atom stereocenters. The summed E-state index contributed by atoms with van der Waals surface area (Å²) in [6, 6.07) is 0. The molecule has 1 N–H and O–H groups in total. The molecule has 1 aliphatic rings. The number of ether oxygens (including phenoxy) is 1. The van der Waals surface area contributed by atoms with Gasteiger partial charge in [0, 0.05) is 25.0 Å². The molecule has 32 heavy (non-hydrogen) atoms. The van der Waals surface area contributed by atoms with E-state index in [0.717, 1.165) is 38.0 Å². The van der Waals surface area contributed by atoms with Gasteiger partial charge in [-0.2, -0.15) is 0 Å². The van der Waals surface area contributed by atoms with Gasteiger partial charge in [0.05, 0.1) is 11.8 Å². The van der Waals surface area contributed by atoms with Crippen molar-refractivity contribution in [1.29, 1.82) is 0 Å². The molecule has 1 aromatic heterocycles. The SMILES string of the molecule is CCCCCCCCCCCCCC(=O)N(CC(=O)Nc1nc(C)cs1)CC1CCCO1. The quantitative estimate of drug-likeness (QED) is 0.282. The highest BCUT2D eigenvalue weighted by Gasteiger charge is 2.24. The maximum atomic E-state index is 12.9. The van der Waals surface area contributed by atoms with Crippen LogP contribution in [0, 0.1) is 6.92 Å². The molecule has 0 radical (unpaired) electrons. The predicted octanol–water partition coefficient (Wildman–Crippen LogP) is 6.10. The molecule has 1 fully saturated rings. The Hall–Kier alpha value is -1.47. The summed E-state index contributed by atoms with van der Waals surface area (Å²) in [6.07, 6.45) is 16.4. The zero-order valence-corrected chi connectivity index (χ0v) is 21.0. The first kappa shape index (κ1) is 26.8. The second-order valence-corrected chi connectivity index (χ2v) is 9.90. The minimum absolute atomic E-state index is 0.0474. The first-order valence-corrected chi connectivity index (χ1v) is 13.6. The van der Waals surface area contributed by atoms with Crippen molar-refractivity contribution in [2.24, 2.45) is 0 Å². The number of rotatable bonds is 17. The van der Waals surface area contributed by atoms with Crippen molar-refractivity contribution in [3.05, 3.63) is 11.1 Å². The summed E-state index contributed by atoms with van der Waals surface area (Å²) in [4.78, 5) is 31.3. The van der Waals surface area contributed by atoms with Gasteiger partial charge in [-0.05, 0) is 26.2 Å². The van der Waals surface area contributed by atoms with Crippen molar-refractivity contribution in [3.8, 4) is 0 Å². The summed E-state index contributed by atoms with van der Waals surface area (Å²) in [5, 5.41) is 5.30. The molecule has 0 aliphatic carbocycles. The van der Waals surface area contributed by atoms with Gasteiger partial charge < -0.3 is 15.0 Å². The third-order valence-electron chi connectivity index (χ3n) is 5.99. The minimum Gasteiger partial charge on any atom is -0.376 e. The number of carbonyl (C=O) groups excluding carboxylic acids is 2. The van der Waals surface area contributed by atoms with Gasteiger partial charge in [-0.15, -0.1) is 11.3 Å². The van der Waals surface area contributed by atoms with Crippen LogP contribution in [0.2, 0.25) is 0 Å². The van der Waals surface area contributed by atoms with Gasteiger partial charge in [0.2, 0.25) is 11.8 Å². The Morgan fingerprint density at radius 1 is 1.09 bits per heavy atom. The predicted molar refractivity (Wildman–Crippen MR) is 132 cm³/mol. The molecule has 1 unspecified atom stereocenters. The first-order chi connectivity index (χ1) is 15.6. The van der Waals surface area contributed by atoms with Crippen LogP contribution in [0.5, 0.6) is 0 Å². The molecule has 1 aromatic rings. The lowest BCUT2D eigenvalue weighted by Crippen LogP contribution is -2.42. The molecule has 2 rings (SSSR count). The number of anilines is 1. The molecule has 1 aliphatic heterocycles. The largest absolute Gasteiger partial charge is 0.376 e. The van der Waals surface area contributed by atoms with Crippen molar-refractivity contribution in [2.75, 3.05) is 25.0 Å². The molecule has 7 heteroatoms. The molecule has 2 amide bonds. The minimum atomic E-state index is -0.190. The highest BCUT2D eigenvalue weighted by atomic mass is 32.1. The van der Waals surface area contributed by atoms with E-state index < -0.39 is 0 Å². The molecule has 1 saturated heterocycles. The Bertz CT molecular complexity index is 659. The van der Waals surface area contributed by atoms with E-state index in [0.29, 0.717) is 18.1 Å². The third kappa shape index (κ3) is 11.4. The lowest BCUT2D eigenvalue weighted by atomic mass is 10.0. The lowest BCUT2D eigenvalue weighted by molar-refractivity contribution is -0.136. The third-order valence-corrected chi connectivity index (χ3v) is 6.87. The number of hydrogen-bond donors (Lipinski definition) is 1. The van der Waals surface area contributed by atoms with Crippen LogP contribution in [0.25, 0.3) is 0 Å². The van der Waals surface area contributed by atoms with E-state index in [-0.39, 0.29) is 24.5 Å². The maximum absolute atomic E-state index is 12.9. The van der Waals surface area contributed by atoms with Crippen LogP contribution in [0.1, 0.15) is 103 Å². The van der Waals surface area contributed by atoms with Gasteiger partial charge in [-0.3, -0.25) is 9.59 Å². The topological polar surface area (TPSA) is 71.5 Å². The van der Waals surface area contributed by atoms with Crippen LogP contribution in [-0.4, -0.2) is 47.5 Å². The number of nitrogens with zero attached hydrogens (tertiary/aromatic N) is 2.